The smallest absolute Gasteiger partial charge is 0.269 e. The van der Waals surface area contributed by atoms with Crippen molar-refractivity contribution in [3.05, 3.63) is 45.5 Å². The van der Waals surface area contributed by atoms with Crippen molar-refractivity contribution in [2.45, 2.75) is 17.9 Å². The first-order valence-corrected chi connectivity index (χ1v) is 9.00. The largest absolute Gasteiger partial charge is 0.395 e. The van der Waals surface area contributed by atoms with E-state index in [1.54, 1.807) is 5.94 Å². The van der Waals surface area contributed by atoms with Gasteiger partial charge in [0.05, 0.1) is 35.6 Å². The summed E-state index contributed by atoms with van der Waals surface area (Å²) in [5.41, 5.74) is 0.694. The first-order chi connectivity index (χ1) is 13.4. The summed E-state index contributed by atoms with van der Waals surface area (Å²) >= 11 is 4.30. The van der Waals surface area contributed by atoms with E-state index in [2.05, 4.69) is 12.6 Å². The lowest BCUT2D eigenvalue weighted by Crippen LogP contribution is -2.48. The first-order valence-electron chi connectivity index (χ1n) is 8.49. The van der Waals surface area contributed by atoms with E-state index >= 15 is 0 Å². The standard InChI is InChI=1S/C17H21N3O7S/c21-7-5-18(6-8-22)17(24)16-14(10-23)15(28)9-19(16)27-11-12-1-3-13(4-2-12)20(25)26/h1-4,15-16,21-22,28H,5-9,11H2/t15-,16+/m1/s1. The van der Waals surface area contributed by atoms with Crippen molar-refractivity contribution in [1.82, 2.24) is 9.96 Å². The Morgan fingerprint density at radius 1 is 1.32 bits per heavy atom. The lowest BCUT2D eigenvalue weighted by Gasteiger charge is -2.28. The molecule has 0 radical (unpaired) electrons. The molecule has 152 valence electrons. The normalized spacial score (nSPS) is 19.5. The fraction of sp³-hybridized carbons (Fsp3) is 0.471. The summed E-state index contributed by atoms with van der Waals surface area (Å²) in [6, 6.07) is 4.67. The van der Waals surface area contributed by atoms with Gasteiger partial charge < -0.3 is 15.1 Å². The first kappa shape index (κ1) is 22.0. The van der Waals surface area contributed by atoms with Crippen LogP contribution < -0.4 is 0 Å². The van der Waals surface area contributed by atoms with Crippen LogP contribution in [0.3, 0.4) is 0 Å². The molecular weight excluding hydrogens is 390 g/mol. The molecule has 1 saturated heterocycles. The molecule has 0 bridgehead atoms. The maximum Gasteiger partial charge on any atom is 0.269 e. The summed E-state index contributed by atoms with van der Waals surface area (Å²) in [5.74, 6) is 1.24. The Morgan fingerprint density at radius 3 is 2.43 bits per heavy atom. The summed E-state index contributed by atoms with van der Waals surface area (Å²) < 4.78 is 0. The Bertz CT molecular complexity index is 746. The highest BCUT2D eigenvalue weighted by Crippen LogP contribution is 2.28. The maximum atomic E-state index is 12.9. The predicted octanol–water partition coefficient (Wildman–Crippen LogP) is -0.420. The molecule has 11 heteroatoms. The SMILES string of the molecule is O=C=C1[C@@H](C(=O)N(CCO)CCO)N(OCc2ccc([N+](=O)[O-])cc2)C[C@H]1S. The van der Waals surface area contributed by atoms with E-state index < -0.39 is 22.1 Å². The van der Waals surface area contributed by atoms with Crippen molar-refractivity contribution in [2.75, 3.05) is 32.8 Å². The second kappa shape index (κ2) is 10.3. The van der Waals surface area contributed by atoms with Crippen LogP contribution in [0, 0.1) is 10.1 Å². The number of amides is 1. The molecule has 1 heterocycles. The molecular formula is C17H21N3O7S. The molecule has 1 aromatic carbocycles. The monoisotopic (exact) mass is 411 g/mol. The van der Waals surface area contributed by atoms with Crippen LogP contribution in [0.2, 0.25) is 0 Å². The summed E-state index contributed by atoms with van der Waals surface area (Å²) in [6.45, 7) is -0.429. The number of hydroxylamine groups is 2. The fourth-order valence-corrected chi connectivity index (χ4v) is 3.19. The number of aliphatic hydroxyl groups excluding tert-OH is 2. The fourth-order valence-electron chi connectivity index (χ4n) is 2.84. The lowest BCUT2D eigenvalue weighted by molar-refractivity contribution is -0.384. The van der Waals surface area contributed by atoms with Crippen LogP contribution in [0.15, 0.2) is 29.8 Å². The Hall–Kier alpha value is -2.27. The van der Waals surface area contributed by atoms with Gasteiger partial charge in [0.2, 0.25) is 5.91 Å². The number of rotatable bonds is 9. The molecule has 0 spiro atoms. The number of carbonyl (C=O) groups is 1. The minimum Gasteiger partial charge on any atom is -0.395 e. The van der Waals surface area contributed by atoms with E-state index in [0.717, 1.165) is 0 Å². The molecule has 1 amide bonds. The van der Waals surface area contributed by atoms with Crippen LogP contribution in [-0.2, 0) is 21.0 Å². The van der Waals surface area contributed by atoms with Gasteiger partial charge in [-0.15, -0.1) is 0 Å². The molecule has 0 aromatic heterocycles. The summed E-state index contributed by atoms with van der Waals surface area (Å²) in [4.78, 5) is 41.3. The molecule has 1 fully saturated rings. The third-order valence-electron chi connectivity index (χ3n) is 4.24. The third kappa shape index (κ3) is 5.16. The molecule has 0 saturated carbocycles. The van der Waals surface area contributed by atoms with Crippen molar-refractivity contribution in [3.63, 3.8) is 0 Å². The number of non-ortho nitro benzene ring substituents is 1. The highest BCUT2D eigenvalue weighted by atomic mass is 32.1. The zero-order valence-corrected chi connectivity index (χ0v) is 15.8. The van der Waals surface area contributed by atoms with E-state index in [9.17, 15) is 19.7 Å². The van der Waals surface area contributed by atoms with Crippen molar-refractivity contribution in [3.8, 4) is 0 Å². The molecule has 2 atom stereocenters. The third-order valence-corrected chi connectivity index (χ3v) is 4.68. The molecule has 1 aliphatic heterocycles. The number of nitro benzene ring substituents is 1. The zero-order chi connectivity index (χ0) is 20.7. The highest BCUT2D eigenvalue weighted by molar-refractivity contribution is 7.81. The average molecular weight is 411 g/mol. The average Bonchev–Trinajstić information content (AvgIpc) is 3.01. The van der Waals surface area contributed by atoms with Gasteiger partial charge in [0.15, 0.2) is 0 Å². The molecule has 2 rings (SSSR count). The van der Waals surface area contributed by atoms with Crippen LogP contribution in [0.5, 0.6) is 0 Å². The quantitative estimate of drug-likeness (QED) is 0.216. The van der Waals surface area contributed by atoms with Crippen LogP contribution >= 0.6 is 12.6 Å². The summed E-state index contributed by atoms with van der Waals surface area (Å²) in [7, 11) is 0. The molecule has 1 aliphatic rings. The number of thiol groups is 1. The lowest BCUT2D eigenvalue weighted by atomic mass is 10.1. The molecule has 2 N–H and O–H groups in total. The second-order valence-corrected chi connectivity index (χ2v) is 6.67. The van der Waals surface area contributed by atoms with Gasteiger partial charge in [-0.2, -0.15) is 17.7 Å². The number of carbonyl (C=O) groups excluding carboxylic acids is 2. The van der Waals surface area contributed by atoms with Crippen LogP contribution in [0.4, 0.5) is 5.69 Å². The predicted molar refractivity (Wildman–Crippen MR) is 101 cm³/mol. The minimum atomic E-state index is -1.07. The van der Waals surface area contributed by atoms with E-state index in [1.165, 1.54) is 34.2 Å². The molecule has 0 unspecified atom stereocenters. The Morgan fingerprint density at radius 2 is 1.93 bits per heavy atom. The summed E-state index contributed by atoms with van der Waals surface area (Å²) in [6.07, 6.45) is 0. The topological polar surface area (TPSA) is 133 Å². The number of hydrogen-bond donors (Lipinski definition) is 3. The van der Waals surface area contributed by atoms with Gasteiger partial charge in [-0.25, -0.2) is 4.79 Å². The van der Waals surface area contributed by atoms with Crippen molar-refractivity contribution in [2.24, 2.45) is 0 Å². The Labute approximate surface area is 166 Å². The number of aliphatic hydroxyl groups is 2. The number of hydrogen-bond acceptors (Lipinski definition) is 9. The molecule has 1 aromatic rings. The highest BCUT2D eigenvalue weighted by Gasteiger charge is 2.43. The minimum absolute atomic E-state index is 0.00450. The van der Waals surface area contributed by atoms with Crippen molar-refractivity contribution < 1.29 is 29.6 Å². The summed E-state index contributed by atoms with van der Waals surface area (Å²) in [5, 5.41) is 29.7. The van der Waals surface area contributed by atoms with Gasteiger partial charge in [0.25, 0.3) is 5.69 Å². The maximum absolute atomic E-state index is 12.9. The van der Waals surface area contributed by atoms with Gasteiger partial charge in [-0.05, 0) is 17.7 Å². The van der Waals surface area contributed by atoms with Crippen molar-refractivity contribution in [1.29, 1.82) is 0 Å². The van der Waals surface area contributed by atoms with Gasteiger partial charge in [-0.1, -0.05) is 0 Å². The number of nitro groups is 1. The zero-order valence-electron chi connectivity index (χ0n) is 14.9. The Balaban J connectivity index is 2.15. The van der Waals surface area contributed by atoms with Gasteiger partial charge in [-0.3, -0.25) is 19.7 Å². The van der Waals surface area contributed by atoms with E-state index in [1.807, 2.05) is 0 Å². The van der Waals surface area contributed by atoms with Gasteiger partial charge >= 0.3 is 0 Å². The van der Waals surface area contributed by atoms with Gasteiger partial charge in [0.1, 0.15) is 12.0 Å². The van der Waals surface area contributed by atoms with E-state index in [0.29, 0.717) is 5.56 Å². The van der Waals surface area contributed by atoms with Gasteiger partial charge in [0, 0.05) is 31.8 Å². The van der Waals surface area contributed by atoms with Crippen molar-refractivity contribution >= 4 is 30.2 Å². The van der Waals surface area contributed by atoms with Crippen LogP contribution in [0.25, 0.3) is 0 Å². The molecule has 0 aliphatic carbocycles. The van der Waals surface area contributed by atoms with E-state index in [4.69, 9.17) is 15.1 Å². The number of benzene rings is 1. The number of nitrogens with zero attached hydrogens (tertiary/aromatic N) is 3. The second-order valence-electron chi connectivity index (χ2n) is 6.04. The van der Waals surface area contributed by atoms with E-state index in [-0.39, 0.29) is 50.7 Å². The molecule has 28 heavy (non-hydrogen) atoms. The Kier molecular flexibility index (Phi) is 8.12. The van der Waals surface area contributed by atoms with Crippen LogP contribution in [-0.4, -0.2) is 81.1 Å². The molecule has 10 nitrogen and oxygen atoms in total. The van der Waals surface area contributed by atoms with Crippen LogP contribution in [0.1, 0.15) is 5.56 Å².